The highest BCUT2D eigenvalue weighted by molar-refractivity contribution is 5.90. The minimum atomic E-state index is 1.03. The molecule has 0 spiro atoms. The molecule has 0 heteroatoms. The van der Waals surface area contributed by atoms with Gasteiger partial charge >= 0.3 is 0 Å². The van der Waals surface area contributed by atoms with E-state index < -0.39 is 0 Å². The number of benzene rings is 1. The summed E-state index contributed by atoms with van der Waals surface area (Å²) in [5.41, 5.74) is 6.41. The number of hydrogen-bond donors (Lipinski definition) is 0. The first kappa shape index (κ1) is 15.2. The molecule has 0 radical (unpaired) electrons. The van der Waals surface area contributed by atoms with E-state index in [1.807, 2.05) is 19.9 Å². The van der Waals surface area contributed by atoms with Gasteiger partial charge in [0.05, 0.1) is 0 Å². The van der Waals surface area contributed by atoms with Gasteiger partial charge in [-0.05, 0) is 47.3 Å². The summed E-state index contributed by atoms with van der Waals surface area (Å²) in [7, 11) is 0. The Morgan fingerprint density at radius 3 is 2.26 bits per heavy atom. The molecule has 0 saturated heterocycles. The van der Waals surface area contributed by atoms with E-state index in [4.69, 9.17) is 0 Å². The molecular weight excluding hydrogens is 228 g/mol. The van der Waals surface area contributed by atoms with E-state index in [1.165, 1.54) is 22.3 Å². The Balaban J connectivity index is 0.000000861. The second-order valence-corrected chi connectivity index (χ2v) is 4.20. The minimum Gasteiger partial charge on any atom is -0.0914 e. The highest BCUT2D eigenvalue weighted by atomic mass is 14.2. The van der Waals surface area contributed by atoms with Crippen LogP contribution in [0, 0.1) is 0 Å². The summed E-state index contributed by atoms with van der Waals surface area (Å²) in [5.74, 6) is 0. The van der Waals surface area contributed by atoms with E-state index in [2.05, 4.69) is 62.9 Å². The van der Waals surface area contributed by atoms with E-state index in [1.54, 1.807) is 0 Å². The van der Waals surface area contributed by atoms with Gasteiger partial charge < -0.3 is 0 Å². The van der Waals surface area contributed by atoms with Crippen molar-refractivity contribution in [2.45, 2.75) is 34.1 Å². The molecule has 0 aromatic heterocycles. The quantitative estimate of drug-likeness (QED) is 0.623. The van der Waals surface area contributed by atoms with Crippen molar-refractivity contribution in [1.29, 1.82) is 0 Å². The molecule has 0 nitrogen and oxygen atoms in total. The van der Waals surface area contributed by atoms with Crippen molar-refractivity contribution in [3.05, 3.63) is 77.4 Å². The largest absolute Gasteiger partial charge is 0.0914 e. The lowest BCUT2D eigenvalue weighted by Gasteiger charge is -2.07. The molecular formula is C19H24. The maximum absolute atomic E-state index is 4.15. The third-order valence-corrected chi connectivity index (χ3v) is 3.09. The molecule has 0 fully saturated rings. The molecule has 0 bridgehead atoms. The summed E-state index contributed by atoms with van der Waals surface area (Å²) in [6, 6.07) is 10.5. The molecule has 0 aliphatic heterocycles. The molecule has 1 aliphatic carbocycles. The minimum absolute atomic E-state index is 1.03. The molecule has 0 saturated carbocycles. The second-order valence-electron chi connectivity index (χ2n) is 4.20. The van der Waals surface area contributed by atoms with E-state index in [0.717, 1.165) is 12.0 Å². The molecule has 1 aromatic rings. The molecule has 0 heterocycles. The van der Waals surface area contributed by atoms with Gasteiger partial charge in [-0.25, -0.2) is 0 Å². The molecule has 19 heavy (non-hydrogen) atoms. The predicted octanol–water partition coefficient (Wildman–Crippen LogP) is 5.95. The van der Waals surface area contributed by atoms with Crippen LogP contribution in [0.2, 0.25) is 0 Å². The fourth-order valence-corrected chi connectivity index (χ4v) is 2.31. The van der Waals surface area contributed by atoms with Crippen LogP contribution in [0.3, 0.4) is 0 Å². The first-order valence-corrected chi connectivity index (χ1v) is 7.10. The first-order valence-electron chi connectivity index (χ1n) is 7.10. The summed E-state index contributed by atoms with van der Waals surface area (Å²) in [4.78, 5) is 0. The average Bonchev–Trinajstić information content (AvgIpc) is 2.78. The zero-order valence-corrected chi connectivity index (χ0v) is 12.5. The van der Waals surface area contributed by atoms with Crippen LogP contribution in [-0.4, -0.2) is 0 Å². The van der Waals surface area contributed by atoms with Gasteiger partial charge in [0.25, 0.3) is 0 Å². The molecule has 0 N–H and O–H groups in total. The average molecular weight is 252 g/mol. The summed E-state index contributed by atoms with van der Waals surface area (Å²) in [5, 5.41) is 0. The van der Waals surface area contributed by atoms with Crippen molar-refractivity contribution in [3.8, 4) is 0 Å². The molecule has 0 amide bonds. The number of allylic oxidation sites excluding steroid dienone is 7. The van der Waals surface area contributed by atoms with Crippen LogP contribution >= 0.6 is 0 Å². The lowest BCUT2D eigenvalue weighted by Crippen LogP contribution is -1.87. The van der Waals surface area contributed by atoms with Gasteiger partial charge in [-0.2, -0.15) is 0 Å². The zero-order valence-electron chi connectivity index (χ0n) is 12.5. The standard InChI is InChI=1S/C17H18.C2H6/c1-4-9-16-15(5-2)13(3)12-17(16)14-10-7-6-8-11-14;1-2/h4,6-12H,3,5H2,1-2H3;1-2H3/b9-4-;. The second kappa shape index (κ2) is 7.58. The Bertz CT molecular complexity index is 510. The van der Waals surface area contributed by atoms with Gasteiger partial charge in [0.1, 0.15) is 0 Å². The smallest absolute Gasteiger partial charge is 0.0103 e. The lowest BCUT2D eigenvalue weighted by molar-refractivity contribution is 1.13. The van der Waals surface area contributed by atoms with E-state index in [9.17, 15) is 0 Å². The Kier molecular flexibility index (Phi) is 6.08. The normalized spacial score (nSPS) is 14.5. The van der Waals surface area contributed by atoms with Crippen molar-refractivity contribution in [1.82, 2.24) is 0 Å². The topological polar surface area (TPSA) is 0 Å². The Labute approximate surface area is 117 Å². The monoisotopic (exact) mass is 252 g/mol. The van der Waals surface area contributed by atoms with Gasteiger partial charge in [-0.3, -0.25) is 0 Å². The summed E-state index contributed by atoms with van der Waals surface area (Å²) < 4.78 is 0. The molecule has 1 aromatic carbocycles. The van der Waals surface area contributed by atoms with E-state index in [-0.39, 0.29) is 0 Å². The van der Waals surface area contributed by atoms with Crippen LogP contribution in [0.4, 0.5) is 0 Å². The SMILES string of the molecule is C=C1C=C(c2ccccc2)C(/C=C\C)=C1CC.CC. The van der Waals surface area contributed by atoms with Crippen LogP contribution in [-0.2, 0) is 0 Å². The van der Waals surface area contributed by atoms with Crippen molar-refractivity contribution in [2.24, 2.45) is 0 Å². The van der Waals surface area contributed by atoms with E-state index >= 15 is 0 Å². The zero-order chi connectivity index (χ0) is 14.3. The van der Waals surface area contributed by atoms with Crippen LogP contribution < -0.4 is 0 Å². The highest BCUT2D eigenvalue weighted by Gasteiger charge is 2.18. The van der Waals surface area contributed by atoms with Crippen LogP contribution in [0.5, 0.6) is 0 Å². The van der Waals surface area contributed by atoms with Crippen LogP contribution in [0.25, 0.3) is 5.57 Å². The number of rotatable bonds is 3. The maximum Gasteiger partial charge on any atom is -0.0103 e. The molecule has 0 unspecified atom stereocenters. The Morgan fingerprint density at radius 2 is 1.74 bits per heavy atom. The Hall–Kier alpha value is -1.82. The molecule has 2 rings (SSSR count). The predicted molar refractivity (Wildman–Crippen MR) is 87.0 cm³/mol. The Morgan fingerprint density at radius 1 is 1.11 bits per heavy atom. The fraction of sp³-hybridized carbons (Fsp3) is 0.263. The van der Waals surface area contributed by atoms with Gasteiger partial charge in [0.2, 0.25) is 0 Å². The van der Waals surface area contributed by atoms with Crippen LogP contribution in [0.1, 0.15) is 39.7 Å². The third-order valence-electron chi connectivity index (χ3n) is 3.09. The van der Waals surface area contributed by atoms with Crippen LogP contribution in [0.15, 0.2) is 71.9 Å². The first-order chi connectivity index (χ1) is 9.27. The summed E-state index contributed by atoms with van der Waals surface area (Å²) in [6.07, 6.45) is 7.52. The van der Waals surface area contributed by atoms with Crippen molar-refractivity contribution in [2.75, 3.05) is 0 Å². The molecule has 0 atom stereocenters. The van der Waals surface area contributed by atoms with Gasteiger partial charge in [0, 0.05) is 0 Å². The molecule has 100 valence electrons. The third kappa shape index (κ3) is 3.35. The van der Waals surface area contributed by atoms with Crippen molar-refractivity contribution in [3.63, 3.8) is 0 Å². The highest BCUT2D eigenvalue weighted by Crippen LogP contribution is 2.38. The summed E-state index contributed by atoms with van der Waals surface area (Å²) >= 11 is 0. The van der Waals surface area contributed by atoms with Gasteiger partial charge in [0.15, 0.2) is 0 Å². The summed E-state index contributed by atoms with van der Waals surface area (Å²) in [6.45, 7) is 12.4. The van der Waals surface area contributed by atoms with Crippen molar-refractivity contribution < 1.29 is 0 Å². The van der Waals surface area contributed by atoms with Gasteiger partial charge in [-0.15, -0.1) is 0 Å². The van der Waals surface area contributed by atoms with Crippen molar-refractivity contribution >= 4 is 5.57 Å². The fourth-order valence-electron chi connectivity index (χ4n) is 2.31. The molecule has 1 aliphatic rings. The van der Waals surface area contributed by atoms with E-state index in [0.29, 0.717) is 0 Å². The van der Waals surface area contributed by atoms with Gasteiger partial charge in [-0.1, -0.05) is 69.8 Å². The maximum atomic E-state index is 4.15. The lowest BCUT2D eigenvalue weighted by atomic mass is 9.97. The number of hydrogen-bond acceptors (Lipinski definition) is 0.